The summed E-state index contributed by atoms with van der Waals surface area (Å²) in [6.45, 7) is 8.07. The SMILES string of the molecule is CC(C)CCC[C@@H](C)[C@H]1CC[C@H]2[C@@H]3[C@@H](O)C=C4C[C@@H](OC5OC(CO)C(O)C(OC6OC(CO)C(O)C6O)C5O)CC[C@]4(C(=O)O)[C@H]3CC[C@]12C. The van der Waals surface area contributed by atoms with E-state index in [1.165, 1.54) is 19.3 Å². The van der Waals surface area contributed by atoms with Gasteiger partial charge in [-0.1, -0.05) is 58.6 Å². The van der Waals surface area contributed by atoms with Gasteiger partial charge in [-0.2, -0.15) is 0 Å². The molecule has 0 aromatic heterocycles. The summed E-state index contributed by atoms with van der Waals surface area (Å²) in [4.78, 5) is 13.4. The van der Waals surface area contributed by atoms with Gasteiger partial charge in [0.25, 0.3) is 0 Å². The molecule has 51 heavy (non-hydrogen) atoms. The number of carboxylic acids is 1. The number of aliphatic hydroxyl groups excluding tert-OH is 7. The van der Waals surface area contributed by atoms with Crippen LogP contribution >= 0.6 is 0 Å². The smallest absolute Gasteiger partial charge is 0.314 e. The van der Waals surface area contributed by atoms with E-state index in [1.54, 1.807) is 6.08 Å². The predicted octanol–water partition coefficient (Wildman–Crippen LogP) is 1.71. The summed E-state index contributed by atoms with van der Waals surface area (Å²) in [7, 11) is 0. The van der Waals surface area contributed by atoms with Gasteiger partial charge in [0.15, 0.2) is 12.6 Å². The molecule has 2 saturated heterocycles. The van der Waals surface area contributed by atoms with Crippen LogP contribution in [0.2, 0.25) is 0 Å². The van der Waals surface area contributed by atoms with Crippen LogP contribution in [0.3, 0.4) is 0 Å². The van der Waals surface area contributed by atoms with E-state index in [-0.39, 0.29) is 29.6 Å². The van der Waals surface area contributed by atoms with Crippen molar-refractivity contribution in [2.75, 3.05) is 13.2 Å². The topological polar surface area (TPSA) is 216 Å². The average Bonchev–Trinajstić information content (AvgIpc) is 3.58. The number of aliphatic carboxylic acids is 1. The lowest BCUT2D eigenvalue weighted by Crippen LogP contribution is -2.62. The van der Waals surface area contributed by atoms with Crippen molar-refractivity contribution in [1.82, 2.24) is 0 Å². The third kappa shape index (κ3) is 6.96. The van der Waals surface area contributed by atoms with Gasteiger partial charge < -0.3 is 59.8 Å². The summed E-state index contributed by atoms with van der Waals surface area (Å²) in [5.41, 5.74) is -0.445. The quantitative estimate of drug-likeness (QED) is 0.135. The van der Waals surface area contributed by atoms with Crippen molar-refractivity contribution in [3.8, 4) is 0 Å². The zero-order valence-electron chi connectivity index (χ0n) is 30.5. The Bertz CT molecular complexity index is 1250. The lowest BCUT2D eigenvalue weighted by atomic mass is 9.45. The summed E-state index contributed by atoms with van der Waals surface area (Å²) >= 11 is 0. The van der Waals surface area contributed by atoms with Gasteiger partial charge >= 0.3 is 5.97 Å². The fourth-order valence-corrected chi connectivity index (χ4v) is 11.5. The van der Waals surface area contributed by atoms with Crippen molar-refractivity contribution in [2.24, 2.45) is 46.3 Å². The Kier molecular flexibility index (Phi) is 12.0. The molecule has 0 aromatic rings. The number of carboxylic acid groups (broad SMARTS) is 1. The molecule has 2 aliphatic heterocycles. The number of rotatable bonds is 12. The molecule has 0 spiro atoms. The van der Waals surface area contributed by atoms with Crippen molar-refractivity contribution in [3.63, 3.8) is 0 Å². The van der Waals surface area contributed by atoms with Crippen LogP contribution in [-0.2, 0) is 23.7 Å². The molecule has 292 valence electrons. The van der Waals surface area contributed by atoms with Crippen molar-refractivity contribution < 1.29 is 64.6 Å². The maximum Gasteiger partial charge on any atom is 0.314 e. The van der Waals surface area contributed by atoms with E-state index in [0.717, 1.165) is 25.7 Å². The minimum atomic E-state index is -1.62. The fraction of sp³-hybridized carbons (Fsp3) is 0.921. The molecular formula is C38H62O13. The van der Waals surface area contributed by atoms with Gasteiger partial charge in [-0.05, 0) is 85.9 Å². The fourth-order valence-electron chi connectivity index (χ4n) is 11.5. The molecule has 0 radical (unpaired) electrons. The molecule has 2 heterocycles. The lowest BCUT2D eigenvalue weighted by Gasteiger charge is -2.59. The molecule has 4 aliphatic carbocycles. The Morgan fingerprint density at radius 2 is 1.51 bits per heavy atom. The van der Waals surface area contributed by atoms with E-state index in [9.17, 15) is 45.6 Å². The molecule has 9 unspecified atom stereocenters. The molecule has 0 bridgehead atoms. The molecule has 5 fully saturated rings. The number of aliphatic hydroxyl groups is 7. The maximum absolute atomic E-state index is 13.4. The standard InChI is InChI=1S/C38H62O13/c1-18(2)6-5-7-19(3)22-8-9-23-28-24(11-12-37(22,23)4)38(36(46)47)13-10-21(14-20(38)15-25(28)41)48-35-32(45)33(30(43)27(17-40)50-35)51-34-31(44)29(42)26(16-39)49-34/h15,18-19,21-35,39-45H,5-14,16-17H2,1-4H3,(H,46,47)/t19-,21+,22-,23+,24+,25+,26?,27?,28+,29?,30?,31?,32?,33?,34?,35?,37-,38-/m1/s1. The summed E-state index contributed by atoms with van der Waals surface area (Å²) in [5, 5.41) is 84.8. The van der Waals surface area contributed by atoms with Crippen LogP contribution in [-0.4, -0.2) is 128 Å². The van der Waals surface area contributed by atoms with Crippen molar-refractivity contribution in [2.45, 2.75) is 159 Å². The number of ether oxygens (including phenoxy) is 4. The molecule has 13 heteroatoms. The zero-order chi connectivity index (χ0) is 37.0. The average molecular weight is 727 g/mol. The predicted molar refractivity (Wildman–Crippen MR) is 182 cm³/mol. The van der Waals surface area contributed by atoms with E-state index < -0.39 is 92.1 Å². The van der Waals surface area contributed by atoms with Gasteiger partial charge in [-0.15, -0.1) is 0 Å². The third-order valence-electron chi connectivity index (χ3n) is 14.1. The van der Waals surface area contributed by atoms with Gasteiger partial charge in [0, 0.05) is 0 Å². The first-order chi connectivity index (χ1) is 24.2. The Balaban J connectivity index is 1.17. The highest BCUT2D eigenvalue weighted by Gasteiger charge is 2.65. The van der Waals surface area contributed by atoms with Gasteiger partial charge in [0.05, 0.1) is 30.8 Å². The van der Waals surface area contributed by atoms with Crippen LogP contribution in [0, 0.1) is 46.3 Å². The Hall–Kier alpha value is -1.23. The Labute approximate surface area is 300 Å². The van der Waals surface area contributed by atoms with E-state index in [4.69, 9.17) is 18.9 Å². The lowest BCUT2D eigenvalue weighted by molar-refractivity contribution is -0.338. The van der Waals surface area contributed by atoms with E-state index in [1.807, 2.05) is 0 Å². The van der Waals surface area contributed by atoms with Crippen LogP contribution in [0.15, 0.2) is 11.6 Å². The summed E-state index contributed by atoms with van der Waals surface area (Å²) in [6.07, 6.45) is -4.28. The molecule has 8 N–H and O–H groups in total. The van der Waals surface area contributed by atoms with Gasteiger partial charge in [-0.3, -0.25) is 4.79 Å². The van der Waals surface area contributed by atoms with Crippen LogP contribution in [0.4, 0.5) is 0 Å². The molecule has 3 saturated carbocycles. The highest BCUT2D eigenvalue weighted by Crippen LogP contribution is 2.67. The highest BCUT2D eigenvalue weighted by atomic mass is 16.7. The van der Waals surface area contributed by atoms with Crippen LogP contribution in [0.25, 0.3) is 0 Å². The van der Waals surface area contributed by atoms with Crippen molar-refractivity contribution in [1.29, 1.82) is 0 Å². The Morgan fingerprint density at radius 3 is 2.14 bits per heavy atom. The number of fused-ring (bicyclic) bond motifs is 5. The van der Waals surface area contributed by atoms with Crippen LogP contribution < -0.4 is 0 Å². The summed E-state index contributed by atoms with van der Waals surface area (Å²) in [6, 6.07) is 0. The zero-order valence-corrected chi connectivity index (χ0v) is 30.5. The molecule has 13 nitrogen and oxygen atoms in total. The highest BCUT2D eigenvalue weighted by molar-refractivity contribution is 5.80. The molecule has 18 atom stereocenters. The maximum atomic E-state index is 13.4. The van der Waals surface area contributed by atoms with E-state index >= 15 is 0 Å². The first-order valence-corrected chi connectivity index (χ1v) is 19.4. The van der Waals surface area contributed by atoms with Crippen molar-refractivity contribution >= 4 is 5.97 Å². The normalized spacial score (nSPS) is 48.9. The second-order valence-electron chi connectivity index (χ2n) is 17.3. The third-order valence-corrected chi connectivity index (χ3v) is 14.1. The first-order valence-electron chi connectivity index (χ1n) is 19.4. The molecule has 0 amide bonds. The number of hydrogen-bond acceptors (Lipinski definition) is 12. The molecule has 6 aliphatic rings. The molecular weight excluding hydrogens is 664 g/mol. The number of hydrogen-bond donors (Lipinski definition) is 8. The van der Waals surface area contributed by atoms with Gasteiger partial charge in [0.1, 0.15) is 42.7 Å². The van der Waals surface area contributed by atoms with Gasteiger partial charge in [-0.25, -0.2) is 0 Å². The van der Waals surface area contributed by atoms with E-state index in [0.29, 0.717) is 36.2 Å². The van der Waals surface area contributed by atoms with E-state index in [2.05, 4.69) is 27.7 Å². The molecule has 0 aromatic carbocycles. The van der Waals surface area contributed by atoms with Gasteiger partial charge in [0.2, 0.25) is 0 Å². The Morgan fingerprint density at radius 1 is 0.843 bits per heavy atom. The first kappa shape index (κ1) is 39.5. The summed E-state index contributed by atoms with van der Waals surface area (Å²) < 4.78 is 23.1. The monoisotopic (exact) mass is 726 g/mol. The number of carbonyl (C=O) groups is 1. The molecule has 6 rings (SSSR count). The second kappa shape index (κ2) is 15.5. The summed E-state index contributed by atoms with van der Waals surface area (Å²) in [5.74, 6) is 0.838. The second-order valence-corrected chi connectivity index (χ2v) is 17.3. The minimum absolute atomic E-state index is 0.0578. The van der Waals surface area contributed by atoms with Crippen LogP contribution in [0.1, 0.15) is 91.9 Å². The minimum Gasteiger partial charge on any atom is -0.481 e. The van der Waals surface area contributed by atoms with Crippen LogP contribution in [0.5, 0.6) is 0 Å². The van der Waals surface area contributed by atoms with Crippen molar-refractivity contribution in [3.05, 3.63) is 11.6 Å². The largest absolute Gasteiger partial charge is 0.481 e.